The number of halogens is 1. The van der Waals surface area contributed by atoms with Gasteiger partial charge in [0.1, 0.15) is 0 Å². The standard InChI is InChI=1S/C22H29N5O.HI/c1-23-22(25-18-20-10-11-24-21(17-20)28-2)27-15-13-26(14-16-27)12-6-9-19-7-4-3-5-8-19;/h3-11,17H,12-16,18H2,1-2H3,(H,23,25);1H/b9-6+;. The Morgan fingerprint density at radius 3 is 2.62 bits per heavy atom. The third-order valence-electron chi connectivity index (χ3n) is 4.82. The Balaban J connectivity index is 0.00000300. The van der Waals surface area contributed by atoms with Gasteiger partial charge in [0.25, 0.3) is 0 Å². The van der Waals surface area contributed by atoms with Crippen molar-refractivity contribution in [2.45, 2.75) is 6.54 Å². The van der Waals surface area contributed by atoms with E-state index in [0.29, 0.717) is 12.4 Å². The van der Waals surface area contributed by atoms with Gasteiger partial charge in [0, 0.05) is 58.6 Å². The fourth-order valence-corrected chi connectivity index (χ4v) is 3.23. The maximum absolute atomic E-state index is 5.19. The number of guanidine groups is 1. The number of hydrogen-bond acceptors (Lipinski definition) is 4. The summed E-state index contributed by atoms with van der Waals surface area (Å²) in [4.78, 5) is 13.4. The van der Waals surface area contributed by atoms with Gasteiger partial charge in [0.05, 0.1) is 7.11 Å². The molecule has 156 valence electrons. The number of ether oxygens (including phenoxy) is 1. The SMILES string of the molecule is CN=C(NCc1ccnc(OC)c1)N1CCN(C/C=C/c2ccccc2)CC1.I. The van der Waals surface area contributed by atoms with E-state index in [4.69, 9.17) is 4.74 Å². The number of piperazine rings is 1. The molecule has 1 aromatic carbocycles. The molecule has 2 heterocycles. The van der Waals surface area contributed by atoms with Gasteiger partial charge < -0.3 is 15.0 Å². The van der Waals surface area contributed by atoms with Crippen molar-refractivity contribution in [3.63, 3.8) is 0 Å². The quantitative estimate of drug-likeness (QED) is 0.370. The Morgan fingerprint density at radius 1 is 1.17 bits per heavy atom. The van der Waals surface area contributed by atoms with Crippen molar-refractivity contribution in [1.82, 2.24) is 20.1 Å². The van der Waals surface area contributed by atoms with Gasteiger partial charge in [-0.15, -0.1) is 24.0 Å². The first-order valence-corrected chi connectivity index (χ1v) is 9.67. The summed E-state index contributed by atoms with van der Waals surface area (Å²) >= 11 is 0. The number of aromatic nitrogens is 1. The highest BCUT2D eigenvalue weighted by Gasteiger charge is 2.18. The maximum atomic E-state index is 5.19. The van der Waals surface area contributed by atoms with Crippen LogP contribution in [0.2, 0.25) is 0 Å². The van der Waals surface area contributed by atoms with Crippen molar-refractivity contribution < 1.29 is 4.74 Å². The van der Waals surface area contributed by atoms with Crippen molar-refractivity contribution in [3.05, 3.63) is 65.9 Å². The van der Waals surface area contributed by atoms with E-state index in [1.807, 2.05) is 25.2 Å². The molecule has 2 aromatic rings. The number of aliphatic imine (C=N–C) groups is 1. The molecule has 0 aliphatic carbocycles. The van der Waals surface area contributed by atoms with E-state index in [1.165, 1.54) is 5.56 Å². The second kappa shape index (κ2) is 12.4. The first-order chi connectivity index (χ1) is 13.8. The minimum atomic E-state index is 0. The molecular formula is C22H30IN5O. The highest BCUT2D eigenvalue weighted by molar-refractivity contribution is 14.0. The second-order valence-electron chi connectivity index (χ2n) is 6.71. The van der Waals surface area contributed by atoms with Gasteiger partial charge in [-0.3, -0.25) is 9.89 Å². The summed E-state index contributed by atoms with van der Waals surface area (Å²) in [5.41, 5.74) is 2.37. The van der Waals surface area contributed by atoms with Crippen molar-refractivity contribution in [3.8, 4) is 5.88 Å². The lowest BCUT2D eigenvalue weighted by Gasteiger charge is -2.36. The molecular weight excluding hydrogens is 477 g/mol. The van der Waals surface area contributed by atoms with Crippen LogP contribution >= 0.6 is 24.0 Å². The smallest absolute Gasteiger partial charge is 0.213 e. The fourth-order valence-electron chi connectivity index (χ4n) is 3.23. The molecule has 0 unspecified atom stereocenters. The summed E-state index contributed by atoms with van der Waals surface area (Å²) in [7, 11) is 3.47. The summed E-state index contributed by atoms with van der Waals surface area (Å²) in [6.07, 6.45) is 6.20. The van der Waals surface area contributed by atoms with Crippen LogP contribution < -0.4 is 10.1 Å². The zero-order valence-electron chi connectivity index (χ0n) is 17.1. The molecule has 0 bridgehead atoms. The number of nitrogens with zero attached hydrogens (tertiary/aromatic N) is 4. The van der Waals surface area contributed by atoms with Crippen molar-refractivity contribution >= 4 is 36.0 Å². The average molecular weight is 507 g/mol. The Hall–Kier alpha value is -2.13. The molecule has 1 aliphatic heterocycles. The van der Waals surface area contributed by atoms with Crippen LogP contribution in [0.25, 0.3) is 6.08 Å². The van der Waals surface area contributed by atoms with E-state index in [0.717, 1.165) is 44.2 Å². The summed E-state index contributed by atoms with van der Waals surface area (Å²) < 4.78 is 5.19. The largest absolute Gasteiger partial charge is 0.481 e. The van der Waals surface area contributed by atoms with E-state index >= 15 is 0 Å². The molecule has 1 saturated heterocycles. The Labute approximate surface area is 190 Å². The number of hydrogen-bond donors (Lipinski definition) is 1. The first-order valence-electron chi connectivity index (χ1n) is 9.67. The lowest BCUT2D eigenvalue weighted by Crippen LogP contribution is -2.52. The number of methoxy groups -OCH3 is 1. The third kappa shape index (κ3) is 7.32. The van der Waals surface area contributed by atoms with Crippen LogP contribution in [0.4, 0.5) is 0 Å². The van der Waals surface area contributed by atoms with Crippen LogP contribution in [-0.2, 0) is 6.54 Å². The first kappa shape index (κ1) is 23.2. The maximum Gasteiger partial charge on any atom is 0.213 e. The molecule has 0 radical (unpaired) electrons. The Kier molecular flexibility index (Phi) is 9.93. The lowest BCUT2D eigenvalue weighted by molar-refractivity contribution is 0.194. The summed E-state index contributed by atoms with van der Waals surface area (Å²) in [5, 5.41) is 3.45. The molecule has 0 amide bonds. The van der Waals surface area contributed by atoms with Gasteiger partial charge in [-0.2, -0.15) is 0 Å². The highest BCUT2D eigenvalue weighted by atomic mass is 127. The zero-order chi connectivity index (χ0) is 19.6. The number of pyridine rings is 1. The van der Waals surface area contributed by atoms with Gasteiger partial charge in [0.15, 0.2) is 5.96 Å². The van der Waals surface area contributed by atoms with Gasteiger partial charge in [0.2, 0.25) is 5.88 Å². The fraction of sp³-hybridized carbons (Fsp3) is 0.364. The predicted octanol–water partition coefficient (Wildman–Crippen LogP) is 3.11. The van der Waals surface area contributed by atoms with Gasteiger partial charge in [-0.05, 0) is 17.2 Å². The lowest BCUT2D eigenvalue weighted by atomic mass is 10.2. The van der Waals surface area contributed by atoms with Crippen molar-refractivity contribution in [2.75, 3.05) is 46.9 Å². The number of nitrogens with one attached hydrogen (secondary N) is 1. The van der Waals surface area contributed by atoms with Crippen LogP contribution in [0.5, 0.6) is 5.88 Å². The van der Waals surface area contributed by atoms with Crippen LogP contribution in [0.1, 0.15) is 11.1 Å². The van der Waals surface area contributed by atoms with Gasteiger partial charge in [-0.1, -0.05) is 42.5 Å². The topological polar surface area (TPSA) is 53.0 Å². The van der Waals surface area contributed by atoms with Crippen LogP contribution in [0, 0.1) is 0 Å². The van der Waals surface area contributed by atoms with Gasteiger partial charge >= 0.3 is 0 Å². The monoisotopic (exact) mass is 507 g/mol. The molecule has 7 heteroatoms. The minimum Gasteiger partial charge on any atom is -0.481 e. The minimum absolute atomic E-state index is 0. The van der Waals surface area contributed by atoms with E-state index < -0.39 is 0 Å². The molecule has 3 rings (SSSR count). The predicted molar refractivity (Wildman–Crippen MR) is 130 cm³/mol. The molecule has 0 spiro atoms. The summed E-state index contributed by atoms with van der Waals surface area (Å²) in [5.74, 6) is 1.57. The Morgan fingerprint density at radius 2 is 1.93 bits per heavy atom. The van der Waals surface area contributed by atoms with E-state index in [2.05, 4.69) is 61.5 Å². The molecule has 29 heavy (non-hydrogen) atoms. The van der Waals surface area contributed by atoms with E-state index in [-0.39, 0.29) is 24.0 Å². The average Bonchev–Trinajstić information content (AvgIpc) is 2.76. The van der Waals surface area contributed by atoms with Gasteiger partial charge in [-0.25, -0.2) is 4.98 Å². The third-order valence-corrected chi connectivity index (χ3v) is 4.82. The summed E-state index contributed by atoms with van der Waals surface area (Å²) in [6, 6.07) is 14.4. The van der Waals surface area contributed by atoms with Crippen LogP contribution in [0.15, 0.2) is 59.7 Å². The molecule has 1 aromatic heterocycles. The highest BCUT2D eigenvalue weighted by Crippen LogP contribution is 2.09. The number of rotatable bonds is 6. The van der Waals surface area contributed by atoms with E-state index in [9.17, 15) is 0 Å². The number of benzene rings is 1. The second-order valence-corrected chi connectivity index (χ2v) is 6.71. The van der Waals surface area contributed by atoms with Crippen molar-refractivity contribution in [2.24, 2.45) is 4.99 Å². The molecule has 1 N–H and O–H groups in total. The molecule has 0 atom stereocenters. The zero-order valence-corrected chi connectivity index (χ0v) is 19.5. The van der Waals surface area contributed by atoms with E-state index in [1.54, 1.807) is 13.3 Å². The van der Waals surface area contributed by atoms with Crippen LogP contribution in [-0.4, -0.2) is 67.6 Å². The normalized spacial score (nSPS) is 15.2. The Bertz CT molecular complexity index is 789. The molecule has 1 fully saturated rings. The van der Waals surface area contributed by atoms with Crippen LogP contribution in [0.3, 0.4) is 0 Å². The molecule has 1 aliphatic rings. The van der Waals surface area contributed by atoms with Crippen molar-refractivity contribution in [1.29, 1.82) is 0 Å². The molecule has 6 nitrogen and oxygen atoms in total. The summed E-state index contributed by atoms with van der Waals surface area (Å²) in [6.45, 7) is 5.68. The molecule has 0 saturated carbocycles.